The molecule has 1 aromatic heterocycles. The number of amides is 1. The SMILES string of the molecule is COc1ccc(-n2c(SCC(=O)Nc3ccccc3[N+](=O)[O-])nnc2-c2ccccc2)cc1Cl. The normalized spacial score (nSPS) is 10.6. The molecule has 0 bridgehead atoms. The van der Waals surface area contributed by atoms with Crippen LogP contribution in [0.3, 0.4) is 0 Å². The summed E-state index contributed by atoms with van der Waals surface area (Å²) >= 11 is 7.50. The fourth-order valence-corrected chi connectivity index (χ4v) is 4.22. The average molecular weight is 496 g/mol. The molecule has 3 aromatic carbocycles. The number of nitrogens with zero attached hydrogens (tertiary/aromatic N) is 4. The third-order valence-electron chi connectivity index (χ3n) is 4.77. The number of nitrogens with one attached hydrogen (secondary N) is 1. The molecule has 34 heavy (non-hydrogen) atoms. The molecule has 0 radical (unpaired) electrons. The minimum Gasteiger partial charge on any atom is -0.495 e. The average Bonchev–Trinajstić information content (AvgIpc) is 3.27. The third-order valence-corrected chi connectivity index (χ3v) is 5.99. The van der Waals surface area contributed by atoms with Gasteiger partial charge in [0.25, 0.3) is 5.69 Å². The number of hydrogen-bond donors (Lipinski definition) is 1. The molecule has 11 heteroatoms. The molecule has 0 aliphatic carbocycles. The molecule has 0 aliphatic heterocycles. The number of methoxy groups -OCH3 is 1. The number of nitro groups is 1. The predicted molar refractivity (Wildman–Crippen MR) is 131 cm³/mol. The number of anilines is 1. The highest BCUT2D eigenvalue weighted by Crippen LogP contribution is 2.32. The summed E-state index contributed by atoms with van der Waals surface area (Å²) in [5.41, 5.74) is 1.48. The van der Waals surface area contributed by atoms with E-state index < -0.39 is 10.8 Å². The van der Waals surface area contributed by atoms with Crippen molar-refractivity contribution >= 4 is 40.6 Å². The number of carbonyl (C=O) groups is 1. The van der Waals surface area contributed by atoms with Gasteiger partial charge in [0.1, 0.15) is 11.4 Å². The van der Waals surface area contributed by atoms with E-state index in [-0.39, 0.29) is 17.1 Å². The Kier molecular flexibility index (Phi) is 7.09. The number of nitro benzene ring substituents is 1. The Balaban J connectivity index is 1.62. The second-order valence-corrected chi connectivity index (χ2v) is 8.29. The van der Waals surface area contributed by atoms with Gasteiger partial charge >= 0.3 is 0 Å². The Bertz CT molecular complexity index is 1350. The third kappa shape index (κ3) is 5.03. The van der Waals surface area contributed by atoms with Crippen LogP contribution in [0.15, 0.2) is 78.0 Å². The van der Waals surface area contributed by atoms with E-state index in [2.05, 4.69) is 15.5 Å². The summed E-state index contributed by atoms with van der Waals surface area (Å²) in [4.78, 5) is 23.2. The fraction of sp³-hybridized carbons (Fsp3) is 0.0870. The van der Waals surface area contributed by atoms with Crippen LogP contribution < -0.4 is 10.1 Å². The Morgan fingerprint density at radius 2 is 1.85 bits per heavy atom. The van der Waals surface area contributed by atoms with Crippen molar-refractivity contribution in [3.8, 4) is 22.8 Å². The molecule has 0 saturated carbocycles. The molecule has 0 atom stereocenters. The molecule has 0 unspecified atom stereocenters. The Morgan fingerprint density at radius 1 is 1.12 bits per heavy atom. The summed E-state index contributed by atoms with van der Waals surface area (Å²) in [6.45, 7) is 0. The Labute approximate surface area is 203 Å². The van der Waals surface area contributed by atoms with Crippen LogP contribution in [0.25, 0.3) is 17.1 Å². The first kappa shape index (κ1) is 23.3. The maximum Gasteiger partial charge on any atom is 0.292 e. The number of aromatic nitrogens is 3. The molecule has 0 saturated heterocycles. The van der Waals surface area contributed by atoms with Gasteiger partial charge in [0.05, 0.1) is 28.5 Å². The zero-order valence-electron chi connectivity index (χ0n) is 17.8. The van der Waals surface area contributed by atoms with Crippen molar-refractivity contribution in [2.24, 2.45) is 0 Å². The number of thioether (sulfide) groups is 1. The number of hydrogen-bond acceptors (Lipinski definition) is 7. The van der Waals surface area contributed by atoms with Crippen LogP contribution in [0.4, 0.5) is 11.4 Å². The Hall–Kier alpha value is -3.89. The minimum absolute atomic E-state index is 0.0388. The van der Waals surface area contributed by atoms with E-state index in [1.165, 1.54) is 25.3 Å². The summed E-state index contributed by atoms with van der Waals surface area (Å²) in [5.74, 6) is 0.646. The summed E-state index contributed by atoms with van der Waals surface area (Å²) in [6.07, 6.45) is 0. The van der Waals surface area contributed by atoms with Gasteiger partial charge < -0.3 is 10.1 Å². The largest absolute Gasteiger partial charge is 0.495 e. The van der Waals surface area contributed by atoms with Gasteiger partial charge in [-0.05, 0) is 24.3 Å². The number of benzene rings is 3. The summed E-state index contributed by atoms with van der Waals surface area (Å²) in [5, 5.41) is 23.3. The lowest BCUT2D eigenvalue weighted by atomic mass is 10.2. The monoisotopic (exact) mass is 495 g/mol. The molecule has 4 rings (SSSR count). The topological polar surface area (TPSA) is 112 Å². The molecular weight excluding hydrogens is 478 g/mol. The van der Waals surface area contributed by atoms with Crippen LogP contribution in [0.1, 0.15) is 0 Å². The zero-order chi connectivity index (χ0) is 24.1. The lowest BCUT2D eigenvalue weighted by Gasteiger charge is -2.12. The van der Waals surface area contributed by atoms with Crippen molar-refractivity contribution in [2.75, 3.05) is 18.2 Å². The van der Waals surface area contributed by atoms with Crippen molar-refractivity contribution < 1.29 is 14.5 Å². The highest BCUT2D eigenvalue weighted by Gasteiger charge is 2.20. The van der Waals surface area contributed by atoms with Crippen LogP contribution in [0.5, 0.6) is 5.75 Å². The van der Waals surface area contributed by atoms with Gasteiger partial charge in [-0.2, -0.15) is 0 Å². The van der Waals surface area contributed by atoms with E-state index in [0.717, 1.165) is 17.3 Å². The van der Waals surface area contributed by atoms with Gasteiger partial charge in [-0.3, -0.25) is 19.5 Å². The lowest BCUT2D eigenvalue weighted by molar-refractivity contribution is -0.383. The van der Waals surface area contributed by atoms with Crippen molar-refractivity contribution in [3.05, 3.63) is 87.9 Å². The van der Waals surface area contributed by atoms with Crippen molar-refractivity contribution in [1.82, 2.24) is 14.8 Å². The van der Waals surface area contributed by atoms with Crippen molar-refractivity contribution in [3.63, 3.8) is 0 Å². The molecule has 1 amide bonds. The second-order valence-electron chi connectivity index (χ2n) is 6.94. The van der Waals surface area contributed by atoms with E-state index >= 15 is 0 Å². The maximum absolute atomic E-state index is 12.6. The van der Waals surface area contributed by atoms with Gasteiger partial charge in [-0.1, -0.05) is 65.8 Å². The summed E-state index contributed by atoms with van der Waals surface area (Å²) in [7, 11) is 1.53. The fourth-order valence-electron chi connectivity index (χ4n) is 3.22. The molecule has 0 aliphatic rings. The highest BCUT2D eigenvalue weighted by molar-refractivity contribution is 7.99. The lowest BCUT2D eigenvalue weighted by Crippen LogP contribution is -2.15. The molecule has 0 fully saturated rings. The summed E-state index contributed by atoms with van der Waals surface area (Å²) in [6, 6.07) is 20.7. The highest BCUT2D eigenvalue weighted by atomic mass is 35.5. The van der Waals surface area contributed by atoms with Crippen LogP contribution in [0, 0.1) is 10.1 Å². The number of halogens is 1. The molecular formula is C23H18ClN5O4S. The standard InChI is InChI=1S/C23H18ClN5O4S/c1-33-20-12-11-16(13-17(20)24)28-22(15-7-3-2-4-8-15)26-27-23(28)34-14-21(30)25-18-9-5-6-10-19(18)29(31)32/h2-13H,14H2,1H3,(H,25,30). The molecule has 1 heterocycles. The first-order chi connectivity index (χ1) is 16.5. The molecule has 172 valence electrons. The maximum atomic E-state index is 12.6. The Morgan fingerprint density at radius 3 is 2.56 bits per heavy atom. The van der Waals surface area contributed by atoms with E-state index in [0.29, 0.717) is 27.4 Å². The van der Waals surface area contributed by atoms with Gasteiger partial charge in [0, 0.05) is 11.6 Å². The molecule has 1 N–H and O–H groups in total. The minimum atomic E-state index is -0.543. The van der Waals surface area contributed by atoms with Crippen LogP contribution in [-0.4, -0.2) is 38.5 Å². The quantitative estimate of drug-likeness (QED) is 0.202. The first-order valence-corrected chi connectivity index (χ1v) is 11.3. The number of para-hydroxylation sites is 2. The van der Waals surface area contributed by atoms with Gasteiger partial charge in [0.2, 0.25) is 5.91 Å². The zero-order valence-corrected chi connectivity index (χ0v) is 19.4. The van der Waals surface area contributed by atoms with Crippen LogP contribution in [0.2, 0.25) is 5.02 Å². The predicted octanol–water partition coefficient (Wildman–Crippen LogP) is 5.24. The molecule has 0 spiro atoms. The molecule has 4 aromatic rings. The van der Waals surface area contributed by atoms with Gasteiger partial charge in [0.15, 0.2) is 11.0 Å². The van der Waals surface area contributed by atoms with E-state index in [1.807, 2.05) is 36.4 Å². The van der Waals surface area contributed by atoms with Crippen LogP contribution in [-0.2, 0) is 4.79 Å². The first-order valence-electron chi connectivity index (χ1n) is 9.98. The number of rotatable bonds is 8. The second kappa shape index (κ2) is 10.4. The van der Waals surface area contributed by atoms with Gasteiger partial charge in [-0.25, -0.2) is 0 Å². The molecule has 9 nitrogen and oxygen atoms in total. The number of ether oxygens (including phenoxy) is 1. The van der Waals surface area contributed by atoms with Crippen molar-refractivity contribution in [1.29, 1.82) is 0 Å². The summed E-state index contributed by atoms with van der Waals surface area (Å²) < 4.78 is 7.04. The van der Waals surface area contributed by atoms with E-state index in [4.69, 9.17) is 16.3 Å². The van der Waals surface area contributed by atoms with Gasteiger partial charge in [-0.15, -0.1) is 10.2 Å². The van der Waals surface area contributed by atoms with Crippen LogP contribution >= 0.6 is 23.4 Å². The smallest absolute Gasteiger partial charge is 0.292 e. The van der Waals surface area contributed by atoms with E-state index in [9.17, 15) is 14.9 Å². The number of carbonyl (C=O) groups excluding carboxylic acids is 1. The van der Waals surface area contributed by atoms with Crippen molar-refractivity contribution in [2.45, 2.75) is 5.16 Å². The van der Waals surface area contributed by atoms with E-state index in [1.54, 1.807) is 22.8 Å².